The maximum Gasteiger partial charge on any atom is 0.257 e. The van der Waals surface area contributed by atoms with E-state index >= 15 is 0 Å². The molecule has 1 aliphatic carbocycles. The molecule has 0 radical (unpaired) electrons. The quantitative estimate of drug-likeness (QED) is 0.571. The van der Waals surface area contributed by atoms with Crippen LogP contribution in [0.3, 0.4) is 0 Å². The molecule has 0 atom stereocenters. The van der Waals surface area contributed by atoms with E-state index in [4.69, 9.17) is 11.6 Å². The van der Waals surface area contributed by atoms with Crippen molar-refractivity contribution >= 4 is 33.4 Å². The Hall–Kier alpha value is -0.680. The van der Waals surface area contributed by atoms with E-state index in [1.165, 1.54) is 0 Å². The minimum Gasteiger partial charge on any atom is -0.335 e. The Morgan fingerprint density at radius 3 is 2.55 bits per heavy atom. The molecule has 20 heavy (non-hydrogen) atoms. The Morgan fingerprint density at radius 2 is 1.95 bits per heavy atom. The number of benzene rings is 1. The van der Waals surface area contributed by atoms with Crippen LogP contribution in [0.1, 0.15) is 36.0 Å². The van der Waals surface area contributed by atoms with Crippen LogP contribution < -0.4 is 0 Å². The van der Waals surface area contributed by atoms with Gasteiger partial charge in [0.2, 0.25) is 0 Å². The fraction of sp³-hybridized carbons (Fsp3) is 0.500. The van der Waals surface area contributed by atoms with E-state index < -0.39 is 17.5 Å². The van der Waals surface area contributed by atoms with Crippen molar-refractivity contribution in [3.8, 4) is 0 Å². The monoisotopic (exact) mass is 365 g/mol. The summed E-state index contributed by atoms with van der Waals surface area (Å²) in [5.41, 5.74) is -0.250. The van der Waals surface area contributed by atoms with E-state index in [0.717, 1.165) is 37.8 Å². The zero-order chi connectivity index (χ0) is 14.7. The van der Waals surface area contributed by atoms with Gasteiger partial charge in [0.1, 0.15) is 11.6 Å². The lowest BCUT2D eigenvalue weighted by atomic mass is 10.1. The summed E-state index contributed by atoms with van der Waals surface area (Å²) in [6.45, 7) is 0.479. The first-order valence-corrected chi connectivity index (χ1v) is 8.06. The Balaban J connectivity index is 2.29. The molecule has 1 aromatic carbocycles. The molecule has 0 spiro atoms. The van der Waals surface area contributed by atoms with Gasteiger partial charge < -0.3 is 4.90 Å². The minimum atomic E-state index is -0.779. The lowest BCUT2D eigenvalue weighted by Gasteiger charge is -2.28. The molecule has 0 unspecified atom stereocenters. The molecule has 2 nitrogen and oxygen atoms in total. The maximum atomic E-state index is 13.9. The van der Waals surface area contributed by atoms with Gasteiger partial charge in [-0.1, -0.05) is 40.4 Å². The average molecular weight is 367 g/mol. The summed E-state index contributed by atoms with van der Waals surface area (Å²) in [6.07, 6.45) is 3.95. The normalized spacial score (nSPS) is 15.6. The van der Waals surface area contributed by atoms with Gasteiger partial charge in [0.25, 0.3) is 5.91 Å². The van der Waals surface area contributed by atoms with Gasteiger partial charge in [-0.15, -0.1) is 0 Å². The van der Waals surface area contributed by atoms with Crippen molar-refractivity contribution in [3.63, 3.8) is 0 Å². The number of rotatable bonds is 4. The summed E-state index contributed by atoms with van der Waals surface area (Å²) in [5.74, 6) is -2.02. The fourth-order valence-electron chi connectivity index (χ4n) is 2.60. The number of halogens is 4. The summed E-state index contributed by atoms with van der Waals surface area (Å²) in [6, 6.07) is 1.85. The number of hydrogen-bond acceptors (Lipinski definition) is 1. The van der Waals surface area contributed by atoms with Crippen molar-refractivity contribution in [2.24, 2.45) is 0 Å². The number of alkyl halides is 1. The minimum absolute atomic E-state index is 0.109. The van der Waals surface area contributed by atoms with Crippen molar-refractivity contribution < 1.29 is 13.6 Å². The number of nitrogens with zero attached hydrogens (tertiary/aromatic N) is 1. The van der Waals surface area contributed by atoms with Crippen molar-refractivity contribution in [3.05, 3.63) is 34.4 Å². The van der Waals surface area contributed by atoms with Gasteiger partial charge in [0, 0.05) is 17.9 Å². The highest BCUT2D eigenvalue weighted by Gasteiger charge is 2.29. The SMILES string of the molecule is O=C(c1cc(F)c(Cl)cc1F)N(CCBr)C1CCCC1. The standard InChI is InChI=1S/C14H15BrClF2NO/c15-5-6-19(9-3-1-2-4-9)14(20)10-7-13(18)11(16)8-12(10)17/h7-9H,1-6H2. The molecule has 0 saturated heterocycles. The van der Waals surface area contributed by atoms with Crippen molar-refractivity contribution in [1.29, 1.82) is 0 Å². The molecule has 0 bridgehead atoms. The molecular weight excluding hydrogens is 352 g/mol. The Labute approximate surface area is 130 Å². The van der Waals surface area contributed by atoms with E-state index in [1.54, 1.807) is 4.90 Å². The van der Waals surface area contributed by atoms with E-state index in [9.17, 15) is 13.6 Å². The van der Waals surface area contributed by atoms with Crippen LogP contribution in [0, 0.1) is 11.6 Å². The Bertz CT molecular complexity index is 506. The van der Waals surface area contributed by atoms with Crippen LogP contribution in [0.4, 0.5) is 8.78 Å². The summed E-state index contributed by atoms with van der Waals surface area (Å²) in [5, 5.41) is 0.291. The van der Waals surface area contributed by atoms with Gasteiger partial charge in [-0.25, -0.2) is 8.78 Å². The largest absolute Gasteiger partial charge is 0.335 e. The predicted molar refractivity (Wildman–Crippen MR) is 78.5 cm³/mol. The lowest BCUT2D eigenvalue weighted by Crippen LogP contribution is -2.40. The molecule has 0 N–H and O–H groups in total. The molecule has 1 saturated carbocycles. The first-order valence-electron chi connectivity index (χ1n) is 6.56. The number of hydrogen-bond donors (Lipinski definition) is 0. The van der Waals surface area contributed by atoms with Gasteiger partial charge in [-0.05, 0) is 25.0 Å². The van der Waals surface area contributed by atoms with Gasteiger partial charge in [-0.3, -0.25) is 4.79 Å². The van der Waals surface area contributed by atoms with Crippen molar-refractivity contribution in [2.75, 3.05) is 11.9 Å². The molecular formula is C14H15BrClF2NO. The first-order chi connectivity index (χ1) is 9.54. The van der Waals surface area contributed by atoms with E-state index in [2.05, 4.69) is 15.9 Å². The molecule has 110 valence electrons. The zero-order valence-corrected chi connectivity index (χ0v) is 13.2. The topological polar surface area (TPSA) is 20.3 Å². The van der Waals surface area contributed by atoms with Crippen LogP contribution in [0.5, 0.6) is 0 Å². The average Bonchev–Trinajstić information content (AvgIpc) is 2.93. The van der Waals surface area contributed by atoms with Gasteiger partial charge in [0.15, 0.2) is 0 Å². The van der Waals surface area contributed by atoms with Crippen LogP contribution in [0.2, 0.25) is 5.02 Å². The number of carbonyl (C=O) groups is 1. The molecule has 2 rings (SSSR count). The van der Waals surface area contributed by atoms with E-state index in [-0.39, 0.29) is 16.6 Å². The predicted octanol–water partition coefficient (Wildman–Crippen LogP) is 4.40. The molecule has 1 amide bonds. The van der Waals surface area contributed by atoms with Crippen LogP contribution in [0.15, 0.2) is 12.1 Å². The van der Waals surface area contributed by atoms with E-state index in [0.29, 0.717) is 11.9 Å². The lowest BCUT2D eigenvalue weighted by molar-refractivity contribution is 0.0691. The zero-order valence-electron chi connectivity index (χ0n) is 10.8. The Morgan fingerprint density at radius 1 is 1.30 bits per heavy atom. The third-order valence-corrected chi connectivity index (χ3v) is 4.24. The molecule has 6 heteroatoms. The highest BCUT2D eigenvalue weighted by Crippen LogP contribution is 2.27. The van der Waals surface area contributed by atoms with Gasteiger partial charge in [0.05, 0.1) is 10.6 Å². The third kappa shape index (κ3) is 3.31. The van der Waals surface area contributed by atoms with Gasteiger partial charge in [-0.2, -0.15) is 0 Å². The van der Waals surface area contributed by atoms with Crippen molar-refractivity contribution in [1.82, 2.24) is 4.90 Å². The van der Waals surface area contributed by atoms with Crippen LogP contribution in [-0.2, 0) is 0 Å². The number of amides is 1. The molecule has 1 aromatic rings. The summed E-state index contributed by atoms with van der Waals surface area (Å²) >= 11 is 8.81. The first kappa shape index (κ1) is 15.7. The molecule has 1 fully saturated rings. The third-order valence-electron chi connectivity index (χ3n) is 3.59. The van der Waals surface area contributed by atoms with Crippen LogP contribution in [0.25, 0.3) is 0 Å². The highest BCUT2D eigenvalue weighted by atomic mass is 79.9. The van der Waals surface area contributed by atoms with Crippen molar-refractivity contribution in [2.45, 2.75) is 31.7 Å². The van der Waals surface area contributed by atoms with Gasteiger partial charge >= 0.3 is 0 Å². The smallest absolute Gasteiger partial charge is 0.257 e. The molecule has 1 aliphatic rings. The highest BCUT2D eigenvalue weighted by molar-refractivity contribution is 9.09. The fourth-order valence-corrected chi connectivity index (χ4v) is 3.13. The van der Waals surface area contributed by atoms with E-state index in [1.807, 2.05) is 0 Å². The number of carbonyl (C=O) groups excluding carboxylic acids is 1. The maximum absolute atomic E-state index is 13.9. The molecule has 0 heterocycles. The second-order valence-electron chi connectivity index (χ2n) is 4.87. The molecule has 0 aliphatic heterocycles. The van der Waals surface area contributed by atoms with Crippen LogP contribution in [-0.4, -0.2) is 28.7 Å². The summed E-state index contributed by atoms with van der Waals surface area (Å²) < 4.78 is 27.3. The second kappa shape index (κ2) is 6.85. The molecule has 0 aromatic heterocycles. The second-order valence-corrected chi connectivity index (χ2v) is 6.07. The summed E-state index contributed by atoms with van der Waals surface area (Å²) in [7, 11) is 0. The van der Waals surface area contributed by atoms with Crippen LogP contribution >= 0.6 is 27.5 Å². The summed E-state index contributed by atoms with van der Waals surface area (Å²) in [4.78, 5) is 14.1. The Kier molecular flexibility index (Phi) is 5.38.